The quantitative estimate of drug-likeness (QED) is 0.797. The highest BCUT2D eigenvalue weighted by molar-refractivity contribution is 5.94. The van der Waals surface area contributed by atoms with Crippen LogP contribution in [0.5, 0.6) is 0 Å². The average Bonchev–Trinajstić information content (AvgIpc) is 2.73. The molecule has 5 nitrogen and oxygen atoms in total. The van der Waals surface area contributed by atoms with Gasteiger partial charge in [0.2, 0.25) is 0 Å². The first-order chi connectivity index (χ1) is 9.01. The molecular formula is C14H23N3O2. The van der Waals surface area contributed by atoms with Gasteiger partial charge in [-0.15, -0.1) is 0 Å². The van der Waals surface area contributed by atoms with E-state index in [2.05, 4.69) is 16.8 Å². The maximum absolute atomic E-state index is 11.4. The number of aliphatic hydroxyl groups is 1. The second-order valence-electron chi connectivity index (χ2n) is 5.44. The summed E-state index contributed by atoms with van der Waals surface area (Å²) in [6, 6.07) is 2.18. The number of likely N-dealkylation sites (N-methyl/N-ethyl adjacent to an activating group) is 1. The first-order valence-corrected chi connectivity index (χ1v) is 6.71. The molecule has 1 fully saturated rings. The predicted molar refractivity (Wildman–Crippen MR) is 74.2 cm³/mol. The molecule has 0 aromatic carbocycles. The van der Waals surface area contributed by atoms with Crippen molar-refractivity contribution >= 4 is 5.78 Å². The van der Waals surface area contributed by atoms with E-state index in [1.165, 1.54) is 0 Å². The molecule has 2 heterocycles. The molecule has 1 atom stereocenters. The average molecular weight is 265 g/mol. The van der Waals surface area contributed by atoms with Crippen molar-refractivity contribution in [2.75, 3.05) is 33.3 Å². The summed E-state index contributed by atoms with van der Waals surface area (Å²) >= 11 is 0. The van der Waals surface area contributed by atoms with Crippen LogP contribution in [0.2, 0.25) is 0 Å². The lowest BCUT2D eigenvalue weighted by Gasteiger charge is -2.38. The number of nitrogens with zero attached hydrogens (tertiary/aromatic N) is 3. The highest BCUT2D eigenvalue weighted by atomic mass is 16.3. The molecule has 0 spiro atoms. The van der Waals surface area contributed by atoms with Gasteiger partial charge in [-0.3, -0.25) is 14.6 Å². The Hall–Kier alpha value is -1.17. The van der Waals surface area contributed by atoms with Crippen molar-refractivity contribution in [1.82, 2.24) is 14.4 Å². The van der Waals surface area contributed by atoms with E-state index < -0.39 is 0 Å². The number of aromatic nitrogens is 1. The molecule has 106 valence electrons. The van der Waals surface area contributed by atoms with Gasteiger partial charge in [0.15, 0.2) is 5.78 Å². The Bertz CT molecular complexity index is 456. The summed E-state index contributed by atoms with van der Waals surface area (Å²) in [5, 5.41) is 9.36. The number of Topliss-reactive ketones (excluding diaryl/α,β-unsaturated/α-hetero) is 1. The number of aliphatic hydroxyl groups excluding tert-OH is 1. The van der Waals surface area contributed by atoms with E-state index in [4.69, 9.17) is 0 Å². The monoisotopic (exact) mass is 265 g/mol. The fourth-order valence-electron chi connectivity index (χ4n) is 2.54. The van der Waals surface area contributed by atoms with E-state index in [0.717, 1.165) is 37.4 Å². The van der Waals surface area contributed by atoms with Crippen LogP contribution in [0.1, 0.15) is 23.0 Å². The van der Waals surface area contributed by atoms with Crippen LogP contribution in [0.3, 0.4) is 0 Å². The Morgan fingerprint density at radius 2 is 2.16 bits per heavy atom. The number of carbonyl (C=O) groups excluding carboxylic acids is 1. The van der Waals surface area contributed by atoms with Gasteiger partial charge in [-0.25, -0.2) is 0 Å². The smallest absolute Gasteiger partial charge is 0.161 e. The summed E-state index contributed by atoms with van der Waals surface area (Å²) in [6.45, 7) is 5.44. The van der Waals surface area contributed by atoms with Gasteiger partial charge in [0.05, 0.1) is 6.61 Å². The zero-order valence-corrected chi connectivity index (χ0v) is 12.0. The van der Waals surface area contributed by atoms with Crippen molar-refractivity contribution in [1.29, 1.82) is 0 Å². The maximum atomic E-state index is 11.4. The van der Waals surface area contributed by atoms with Gasteiger partial charge < -0.3 is 9.67 Å². The van der Waals surface area contributed by atoms with Crippen molar-refractivity contribution in [3.8, 4) is 0 Å². The van der Waals surface area contributed by atoms with E-state index in [0.29, 0.717) is 0 Å². The fraction of sp³-hybridized carbons (Fsp3) is 0.643. The van der Waals surface area contributed by atoms with Gasteiger partial charge in [0, 0.05) is 56.7 Å². The number of hydrogen-bond donors (Lipinski definition) is 1. The minimum absolute atomic E-state index is 0.105. The molecule has 1 aliphatic heterocycles. The van der Waals surface area contributed by atoms with E-state index in [1.54, 1.807) is 6.92 Å². The number of carbonyl (C=O) groups is 1. The molecule has 1 aliphatic rings. The minimum atomic E-state index is 0.105. The molecule has 2 rings (SSSR count). The standard InChI is InChI=1S/C14H23N3O2/c1-11(19)12-6-13(16(3)7-12)8-17-5-4-15(2)14(9-17)10-18/h6-7,14,18H,4-5,8-10H2,1-3H3/t14-/m1/s1. The Morgan fingerprint density at radius 1 is 1.42 bits per heavy atom. The lowest BCUT2D eigenvalue weighted by molar-refractivity contribution is 0.0530. The number of hydrogen-bond acceptors (Lipinski definition) is 4. The van der Waals surface area contributed by atoms with Crippen LogP contribution in [0.4, 0.5) is 0 Å². The zero-order chi connectivity index (χ0) is 14.0. The van der Waals surface area contributed by atoms with Crippen molar-refractivity contribution in [3.05, 3.63) is 23.5 Å². The topological polar surface area (TPSA) is 48.7 Å². The summed E-state index contributed by atoms with van der Waals surface area (Å²) in [6.07, 6.45) is 1.89. The van der Waals surface area contributed by atoms with Gasteiger partial charge >= 0.3 is 0 Å². The number of rotatable bonds is 4. The minimum Gasteiger partial charge on any atom is -0.395 e. The van der Waals surface area contributed by atoms with Gasteiger partial charge in [-0.2, -0.15) is 0 Å². The Morgan fingerprint density at radius 3 is 2.74 bits per heavy atom. The molecular weight excluding hydrogens is 242 g/mol. The van der Waals surface area contributed by atoms with Gasteiger partial charge in [0.1, 0.15) is 0 Å². The third-order valence-electron chi connectivity index (χ3n) is 3.97. The third kappa shape index (κ3) is 3.23. The van der Waals surface area contributed by atoms with Crippen molar-refractivity contribution < 1.29 is 9.90 Å². The second kappa shape index (κ2) is 5.86. The molecule has 0 unspecified atom stereocenters. The van der Waals surface area contributed by atoms with Crippen LogP contribution in [0, 0.1) is 0 Å². The van der Waals surface area contributed by atoms with Crippen LogP contribution < -0.4 is 0 Å². The van der Waals surface area contributed by atoms with Crippen molar-refractivity contribution in [2.24, 2.45) is 7.05 Å². The van der Waals surface area contributed by atoms with Crippen molar-refractivity contribution in [2.45, 2.75) is 19.5 Å². The Labute approximate surface area is 114 Å². The molecule has 5 heteroatoms. The fourth-order valence-corrected chi connectivity index (χ4v) is 2.54. The first-order valence-electron chi connectivity index (χ1n) is 6.71. The molecule has 1 aromatic heterocycles. The van der Waals surface area contributed by atoms with Crippen LogP contribution >= 0.6 is 0 Å². The summed E-state index contributed by atoms with van der Waals surface area (Å²) in [7, 11) is 4.02. The highest BCUT2D eigenvalue weighted by Gasteiger charge is 2.24. The van der Waals surface area contributed by atoms with E-state index >= 15 is 0 Å². The molecule has 0 radical (unpaired) electrons. The van der Waals surface area contributed by atoms with Crippen molar-refractivity contribution in [3.63, 3.8) is 0 Å². The van der Waals surface area contributed by atoms with E-state index in [-0.39, 0.29) is 18.4 Å². The number of piperazine rings is 1. The SMILES string of the molecule is CC(=O)c1cc(CN2CCN(C)[C@@H](CO)C2)n(C)c1. The molecule has 1 N–H and O–H groups in total. The lowest BCUT2D eigenvalue weighted by atomic mass is 10.2. The summed E-state index contributed by atoms with van der Waals surface area (Å²) in [5.41, 5.74) is 1.91. The summed E-state index contributed by atoms with van der Waals surface area (Å²) in [4.78, 5) is 15.9. The molecule has 1 aromatic rings. The largest absolute Gasteiger partial charge is 0.395 e. The lowest BCUT2D eigenvalue weighted by Crippen LogP contribution is -2.52. The highest BCUT2D eigenvalue weighted by Crippen LogP contribution is 2.14. The normalized spacial score (nSPS) is 21.8. The summed E-state index contributed by atoms with van der Waals surface area (Å²) < 4.78 is 2.02. The van der Waals surface area contributed by atoms with Crippen LogP contribution in [0.15, 0.2) is 12.3 Å². The van der Waals surface area contributed by atoms with Crippen LogP contribution in [0.25, 0.3) is 0 Å². The van der Waals surface area contributed by atoms with Crippen LogP contribution in [-0.2, 0) is 13.6 Å². The molecule has 0 saturated carbocycles. The first kappa shape index (κ1) is 14.2. The second-order valence-corrected chi connectivity index (χ2v) is 5.44. The maximum Gasteiger partial charge on any atom is 0.161 e. The Kier molecular flexibility index (Phi) is 4.39. The molecule has 19 heavy (non-hydrogen) atoms. The van der Waals surface area contributed by atoms with E-state index in [1.807, 2.05) is 23.9 Å². The molecule has 1 saturated heterocycles. The van der Waals surface area contributed by atoms with Gasteiger partial charge in [-0.1, -0.05) is 0 Å². The van der Waals surface area contributed by atoms with Gasteiger partial charge in [-0.05, 0) is 20.0 Å². The zero-order valence-electron chi connectivity index (χ0n) is 12.0. The van der Waals surface area contributed by atoms with Crippen LogP contribution in [-0.4, -0.2) is 64.6 Å². The Balaban J connectivity index is 2.03. The molecule has 0 amide bonds. The van der Waals surface area contributed by atoms with Gasteiger partial charge in [0.25, 0.3) is 0 Å². The van der Waals surface area contributed by atoms with E-state index in [9.17, 15) is 9.90 Å². The molecule has 0 bridgehead atoms. The molecule has 0 aliphatic carbocycles. The third-order valence-corrected chi connectivity index (χ3v) is 3.97. The number of aryl methyl sites for hydroxylation is 1. The predicted octanol–water partition coefficient (Wildman–Crippen LogP) is 0.336. The number of ketones is 1. The summed E-state index contributed by atoms with van der Waals surface area (Å²) in [5.74, 6) is 0.105.